The Morgan fingerprint density at radius 3 is 2.96 bits per heavy atom. The van der Waals surface area contributed by atoms with Crippen LogP contribution in [0.3, 0.4) is 0 Å². The monoisotopic (exact) mass is 370 g/mol. The van der Waals surface area contributed by atoms with E-state index < -0.39 is 0 Å². The van der Waals surface area contributed by atoms with E-state index in [9.17, 15) is 4.79 Å². The number of carbonyl (C=O) groups excluding carboxylic acids is 1. The molecule has 0 saturated carbocycles. The van der Waals surface area contributed by atoms with Crippen molar-refractivity contribution >= 4 is 22.9 Å². The molecule has 0 unspecified atom stereocenters. The van der Waals surface area contributed by atoms with Gasteiger partial charge in [-0.25, -0.2) is 9.48 Å². The van der Waals surface area contributed by atoms with E-state index in [1.807, 2.05) is 21.8 Å². The number of hydrogen-bond donors (Lipinski definition) is 1. The minimum atomic E-state index is -0.0719. The number of hydrogen-bond acceptors (Lipinski definition) is 5. The summed E-state index contributed by atoms with van der Waals surface area (Å²) in [6, 6.07) is 5.98. The van der Waals surface area contributed by atoms with E-state index in [2.05, 4.69) is 41.6 Å². The second-order valence-electron chi connectivity index (χ2n) is 6.47. The maximum atomic E-state index is 12.4. The molecule has 3 heterocycles. The second kappa shape index (κ2) is 8.15. The van der Waals surface area contributed by atoms with Crippen LogP contribution < -0.4 is 5.32 Å². The van der Waals surface area contributed by atoms with Gasteiger partial charge in [0.25, 0.3) is 0 Å². The minimum Gasteiger partial charge on any atom is -0.333 e. The summed E-state index contributed by atoms with van der Waals surface area (Å²) in [5.41, 5.74) is 2.03. The number of aromatic nitrogens is 3. The summed E-state index contributed by atoms with van der Waals surface area (Å²) in [4.78, 5) is 15.9. The Labute approximate surface area is 156 Å². The highest BCUT2D eigenvalue weighted by molar-refractivity contribution is 7.12. The van der Waals surface area contributed by atoms with Crippen LogP contribution in [0.15, 0.2) is 24.4 Å². The SMILES string of the molecule is CC(C)n1cc(C2=CCCN(C(=O)NCc3ccc(C#N)s3)CC2)nn1. The molecule has 0 radical (unpaired) electrons. The van der Waals surface area contributed by atoms with Crippen LogP contribution in [0.4, 0.5) is 4.79 Å². The van der Waals surface area contributed by atoms with Gasteiger partial charge < -0.3 is 10.2 Å². The van der Waals surface area contributed by atoms with E-state index >= 15 is 0 Å². The first-order valence-corrected chi connectivity index (χ1v) is 9.51. The van der Waals surface area contributed by atoms with Gasteiger partial charge in [-0.15, -0.1) is 16.4 Å². The molecule has 2 aromatic rings. The molecule has 8 heteroatoms. The predicted molar refractivity (Wildman–Crippen MR) is 100 cm³/mol. The zero-order valence-electron chi connectivity index (χ0n) is 15.0. The second-order valence-corrected chi connectivity index (χ2v) is 7.64. The Morgan fingerprint density at radius 1 is 1.42 bits per heavy atom. The summed E-state index contributed by atoms with van der Waals surface area (Å²) in [5, 5.41) is 20.2. The average molecular weight is 370 g/mol. The lowest BCUT2D eigenvalue weighted by Gasteiger charge is -2.20. The van der Waals surface area contributed by atoms with Crippen molar-refractivity contribution in [1.82, 2.24) is 25.2 Å². The fourth-order valence-corrected chi connectivity index (χ4v) is 3.53. The molecule has 0 spiro atoms. The Bertz CT molecular complexity index is 844. The molecule has 7 nitrogen and oxygen atoms in total. The van der Waals surface area contributed by atoms with Crippen molar-refractivity contribution in [3.05, 3.63) is 39.9 Å². The lowest BCUT2D eigenvalue weighted by molar-refractivity contribution is 0.200. The molecule has 0 atom stereocenters. The summed E-state index contributed by atoms with van der Waals surface area (Å²) in [5.74, 6) is 0. The molecule has 3 rings (SSSR count). The number of nitriles is 1. The third-order valence-electron chi connectivity index (χ3n) is 4.28. The first kappa shape index (κ1) is 18.1. The van der Waals surface area contributed by atoms with Gasteiger partial charge in [-0.3, -0.25) is 0 Å². The Hall–Kier alpha value is -2.66. The highest BCUT2D eigenvalue weighted by Crippen LogP contribution is 2.21. The molecule has 0 aromatic carbocycles. The van der Waals surface area contributed by atoms with Crippen molar-refractivity contribution in [3.63, 3.8) is 0 Å². The standard InChI is InChI=1S/C18H22N6OS/c1-13(2)24-12-17(21-22-24)14-4-3-8-23(9-7-14)18(25)20-11-16-6-5-15(10-19)26-16/h4-6,12-13H,3,7-9,11H2,1-2H3,(H,20,25). The van der Waals surface area contributed by atoms with Gasteiger partial charge in [0.15, 0.2) is 0 Å². The number of urea groups is 1. The van der Waals surface area contributed by atoms with Crippen molar-refractivity contribution in [2.75, 3.05) is 13.1 Å². The maximum Gasteiger partial charge on any atom is 0.317 e. The van der Waals surface area contributed by atoms with Gasteiger partial charge >= 0.3 is 6.03 Å². The maximum absolute atomic E-state index is 12.4. The Kier molecular flexibility index (Phi) is 5.68. The van der Waals surface area contributed by atoms with E-state index in [0.717, 1.165) is 29.0 Å². The lowest BCUT2D eigenvalue weighted by atomic mass is 10.1. The van der Waals surface area contributed by atoms with Crippen LogP contribution in [0.5, 0.6) is 0 Å². The van der Waals surface area contributed by atoms with E-state index in [1.165, 1.54) is 11.3 Å². The number of nitrogens with one attached hydrogen (secondary N) is 1. The molecule has 0 bridgehead atoms. The van der Waals surface area contributed by atoms with E-state index in [-0.39, 0.29) is 12.1 Å². The van der Waals surface area contributed by atoms with Crippen LogP contribution in [0.1, 0.15) is 48.2 Å². The van der Waals surface area contributed by atoms with Gasteiger partial charge in [0.05, 0.1) is 12.7 Å². The lowest BCUT2D eigenvalue weighted by Crippen LogP contribution is -2.40. The number of carbonyl (C=O) groups is 1. The molecule has 136 valence electrons. The highest BCUT2D eigenvalue weighted by Gasteiger charge is 2.18. The number of amides is 2. The fraction of sp³-hybridized carbons (Fsp3) is 0.444. The van der Waals surface area contributed by atoms with Crippen molar-refractivity contribution in [2.24, 2.45) is 0 Å². The van der Waals surface area contributed by atoms with Gasteiger partial charge in [0.1, 0.15) is 16.6 Å². The molecule has 1 aliphatic rings. The summed E-state index contributed by atoms with van der Waals surface area (Å²) in [6.07, 6.45) is 5.69. The normalized spacial score (nSPS) is 14.7. The van der Waals surface area contributed by atoms with E-state index in [1.54, 1.807) is 6.07 Å². The van der Waals surface area contributed by atoms with Crippen molar-refractivity contribution in [3.8, 4) is 6.07 Å². The Morgan fingerprint density at radius 2 is 2.27 bits per heavy atom. The topological polar surface area (TPSA) is 86.8 Å². The molecule has 0 saturated heterocycles. The van der Waals surface area contributed by atoms with Gasteiger partial charge in [0, 0.05) is 24.0 Å². The average Bonchev–Trinajstić information content (AvgIpc) is 3.24. The predicted octanol–water partition coefficient (Wildman–Crippen LogP) is 3.18. The van der Waals surface area contributed by atoms with Crippen LogP contribution in [0.25, 0.3) is 5.57 Å². The third kappa shape index (κ3) is 4.29. The Balaban J connectivity index is 1.54. The van der Waals surface area contributed by atoms with Gasteiger partial charge in [-0.1, -0.05) is 11.3 Å². The largest absolute Gasteiger partial charge is 0.333 e. The molecule has 2 amide bonds. The van der Waals surface area contributed by atoms with Crippen LogP contribution in [0.2, 0.25) is 0 Å². The first-order valence-electron chi connectivity index (χ1n) is 8.69. The first-order chi connectivity index (χ1) is 12.6. The fourth-order valence-electron chi connectivity index (χ4n) is 2.78. The zero-order valence-corrected chi connectivity index (χ0v) is 15.8. The third-order valence-corrected chi connectivity index (χ3v) is 5.27. The van der Waals surface area contributed by atoms with Gasteiger partial charge in [-0.05, 0) is 44.4 Å². The molecule has 1 N–H and O–H groups in total. The van der Waals surface area contributed by atoms with Crippen molar-refractivity contribution in [2.45, 2.75) is 39.3 Å². The van der Waals surface area contributed by atoms with Gasteiger partial charge in [0.2, 0.25) is 0 Å². The highest BCUT2D eigenvalue weighted by atomic mass is 32.1. The van der Waals surface area contributed by atoms with E-state index in [0.29, 0.717) is 24.5 Å². The zero-order chi connectivity index (χ0) is 18.5. The van der Waals surface area contributed by atoms with Gasteiger partial charge in [-0.2, -0.15) is 5.26 Å². The van der Waals surface area contributed by atoms with E-state index in [4.69, 9.17) is 5.26 Å². The molecular weight excluding hydrogens is 348 g/mol. The minimum absolute atomic E-state index is 0.0719. The van der Waals surface area contributed by atoms with Crippen LogP contribution in [0, 0.1) is 11.3 Å². The number of rotatable bonds is 4. The molecule has 1 aliphatic heterocycles. The molecule has 26 heavy (non-hydrogen) atoms. The summed E-state index contributed by atoms with van der Waals surface area (Å²) < 4.78 is 1.85. The number of nitrogens with zero attached hydrogens (tertiary/aromatic N) is 5. The van der Waals surface area contributed by atoms with Crippen LogP contribution in [-0.4, -0.2) is 39.0 Å². The van der Waals surface area contributed by atoms with Crippen LogP contribution >= 0.6 is 11.3 Å². The smallest absolute Gasteiger partial charge is 0.317 e. The quantitative estimate of drug-likeness (QED) is 0.895. The van der Waals surface area contributed by atoms with Crippen molar-refractivity contribution < 1.29 is 4.79 Å². The van der Waals surface area contributed by atoms with Crippen molar-refractivity contribution in [1.29, 1.82) is 5.26 Å². The summed E-state index contributed by atoms with van der Waals surface area (Å²) in [7, 11) is 0. The molecular formula is C18H22N6OS. The molecule has 0 aliphatic carbocycles. The summed E-state index contributed by atoms with van der Waals surface area (Å²) in [6.45, 7) is 5.92. The summed E-state index contributed by atoms with van der Waals surface area (Å²) >= 11 is 1.41. The molecule has 0 fully saturated rings. The number of thiophene rings is 1. The van der Waals surface area contributed by atoms with Crippen LogP contribution in [-0.2, 0) is 6.54 Å². The molecule has 2 aromatic heterocycles.